The van der Waals surface area contributed by atoms with Crippen LogP contribution in [-0.2, 0) is 4.79 Å². The van der Waals surface area contributed by atoms with Gasteiger partial charge in [0.05, 0.1) is 10.8 Å². The molecule has 1 fully saturated rings. The lowest BCUT2D eigenvalue weighted by Gasteiger charge is -2.35. The Hall–Kier alpha value is -2.08. The van der Waals surface area contributed by atoms with E-state index in [0.29, 0.717) is 23.9 Å². The van der Waals surface area contributed by atoms with Crippen molar-refractivity contribution in [3.8, 4) is 0 Å². The van der Waals surface area contributed by atoms with Crippen LogP contribution in [0.3, 0.4) is 0 Å². The first-order chi connectivity index (χ1) is 10.1. The van der Waals surface area contributed by atoms with Crippen molar-refractivity contribution in [1.82, 2.24) is 10.2 Å². The highest BCUT2D eigenvalue weighted by Gasteiger charge is 2.42. The summed E-state index contributed by atoms with van der Waals surface area (Å²) in [5.74, 6) is -0.271. The second-order valence-corrected chi connectivity index (χ2v) is 5.56. The summed E-state index contributed by atoms with van der Waals surface area (Å²) in [7, 11) is 0. The van der Waals surface area contributed by atoms with E-state index >= 15 is 0 Å². The number of rotatable bonds is 2. The lowest BCUT2D eigenvalue weighted by atomic mass is 9.88. The zero-order chi connectivity index (χ0) is 15.0. The number of hydrogen-bond acceptors (Lipinski definition) is 4. The molecule has 0 aromatic heterocycles. The van der Waals surface area contributed by atoms with Gasteiger partial charge >= 0.3 is 0 Å². The van der Waals surface area contributed by atoms with Crippen molar-refractivity contribution < 1.29 is 9.72 Å². The molecule has 1 saturated heterocycles. The van der Waals surface area contributed by atoms with E-state index in [1.165, 1.54) is 4.90 Å². The highest BCUT2D eigenvalue weighted by Crippen LogP contribution is 2.36. The highest BCUT2D eigenvalue weighted by atomic mass is 35.5. The smallest absolute Gasteiger partial charge is 0.294 e. The number of nitro groups is 1. The fraction of sp³-hybridized carbons (Fsp3) is 0.357. The second-order valence-electron chi connectivity index (χ2n) is 5.12. The molecule has 0 bridgehead atoms. The van der Waals surface area contributed by atoms with Gasteiger partial charge in [-0.05, 0) is 24.1 Å². The van der Waals surface area contributed by atoms with Gasteiger partial charge in [0.15, 0.2) is 5.82 Å². The van der Waals surface area contributed by atoms with Gasteiger partial charge in [0.1, 0.15) is 0 Å². The largest absolute Gasteiger partial charge is 0.366 e. The van der Waals surface area contributed by atoms with E-state index in [9.17, 15) is 14.9 Å². The Kier molecular flexibility index (Phi) is 3.55. The number of nitrogens with one attached hydrogen (secondary N) is 1. The number of hydrogen-bond donors (Lipinski definition) is 1. The minimum absolute atomic E-state index is 0.0663. The van der Waals surface area contributed by atoms with Crippen LogP contribution in [0.4, 0.5) is 0 Å². The molecular formula is C14H14ClN3O3. The molecule has 3 rings (SSSR count). The zero-order valence-corrected chi connectivity index (χ0v) is 12.0. The van der Waals surface area contributed by atoms with E-state index in [0.717, 1.165) is 12.0 Å². The molecule has 0 aliphatic carbocycles. The Labute approximate surface area is 126 Å². The molecule has 1 unspecified atom stereocenters. The minimum Gasteiger partial charge on any atom is -0.366 e. The second kappa shape index (κ2) is 5.37. The Bertz CT molecular complexity index is 627. The number of allylic oxidation sites excluding steroid dienone is 1. The quantitative estimate of drug-likeness (QED) is 0.670. The topological polar surface area (TPSA) is 75.5 Å². The Morgan fingerprint density at radius 1 is 1.33 bits per heavy atom. The first-order valence-corrected chi connectivity index (χ1v) is 7.14. The Morgan fingerprint density at radius 3 is 2.71 bits per heavy atom. The summed E-state index contributed by atoms with van der Waals surface area (Å²) < 4.78 is 0. The van der Waals surface area contributed by atoms with E-state index in [4.69, 9.17) is 11.6 Å². The van der Waals surface area contributed by atoms with Gasteiger partial charge in [0, 0.05) is 24.5 Å². The predicted molar refractivity (Wildman–Crippen MR) is 77.2 cm³/mol. The first-order valence-electron chi connectivity index (χ1n) is 6.76. The summed E-state index contributed by atoms with van der Waals surface area (Å²) in [6, 6.07) is 6.85. The van der Waals surface area contributed by atoms with Gasteiger partial charge in [-0.3, -0.25) is 19.8 Å². The van der Waals surface area contributed by atoms with Gasteiger partial charge < -0.3 is 5.32 Å². The number of fused-ring (bicyclic) bond motifs is 1. The van der Waals surface area contributed by atoms with Crippen molar-refractivity contribution in [3.63, 3.8) is 0 Å². The zero-order valence-electron chi connectivity index (χ0n) is 11.2. The molecule has 1 aromatic carbocycles. The van der Waals surface area contributed by atoms with E-state index in [2.05, 4.69) is 5.32 Å². The van der Waals surface area contributed by atoms with Crippen LogP contribution in [0.25, 0.3) is 0 Å². The highest BCUT2D eigenvalue weighted by molar-refractivity contribution is 6.30. The maximum Gasteiger partial charge on any atom is 0.294 e. The van der Waals surface area contributed by atoms with Gasteiger partial charge in [-0.15, -0.1) is 0 Å². The van der Waals surface area contributed by atoms with Gasteiger partial charge in [0.25, 0.3) is 5.70 Å². The molecule has 1 aromatic rings. The normalized spacial score (nSPS) is 21.9. The molecule has 0 spiro atoms. The average molecular weight is 308 g/mol. The molecule has 21 heavy (non-hydrogen) atoms. The summed E-state index contributed by atoms with van der Waals surface area (Å²) in [6.45, 7) is 1.18. The van der Waals surface area contributed by atoms with Crippen LogP contribution in [0.2, 0.25) is 5.02 Å². The van der Waals surface area contributed by atoms with Crippen molar-refractivity contribution in [3.05, 3.63) is 56.5 Å². The summed E-state index contributed by atoms with van der Waals surface area (Å²) in [4.78, 5) is 24.9. The number of nitrogens with zero attached hydrogens (tertiary/aromatic N) is 2. The lowest BCUT2D eigenvalue weighted by molar-refractivity contribution is -0.433. The molecule has 1 amide bonds. The van der Waals surface area contributed by atoms with Crippen molar-refractivity contribution in [1.29, 1.82) is 0 Å². The lowest BCUT2D eigenvalue weighted by Crippen LogP contribution is -2.48. The first kappa shape index (κ1) is 13.9. The molecule has 1 atom stereocenters. The SMILES string of the molecule is O=C1CC(c2ccc(Cl)cc2)C([N+](=O)[O-])=C2NCCCN12. The van der Waals surface area contributed by atoms with Gasteiger partial charge in [0.2, 0.25) is 5.91 Å². The third-order valence-corrected chi connectivity index (χ3v) is 4.09. The molecule has 6 nitrogen and oxygen atoms in total. The van der Waals surface area contributed by atoms with E-state index in [-0.39, 0.29) is 22.9 Å². The number of benzene rings is 1. The Morgan fingerprint density at radius 2 is 2.05 bits per heavy atom. The van der Waals surface area contributed by atoms with E-state index in [1.807, 2.05) is 0 Å². The van der Waals surface area contributed by atoms with E-state index in [1.54, 1.807) is 24.3 Å². The molecule has 1 N–H and O–H groups in total. The van der Waals surface area contributed by atoms with Crippen LogP contribution >= 0.6 is 11.6 Å². The van der Waals surface area contributed by atoms with Crippen molar-refractivity contribution >= 4 is 17.5 Å². The van der Waals surface area contributed by atoms with Crippen molar-refractivity contribution in [2.75, 3.05) is 13.1 Å². The summed E-state index contributed by atoms with van der Waals surface area (Å²) in [5, 5.41) is 15.1. The molecule has 2 heterocycles. The molecule has 110 valence electrons. The van der Waals surface area contributed by atoms with Gasteiger partial charge in [-0.2, -0.15) is 0 Å². The van der Waals surface area contributed by atoms with Crippen LogP contribution in [0, 0.1) is 10.1 Å². The molecule has 7 heteroatoms. The molecule has 0 radical (unpaired) electrons. The minimum atomic E-state index is -0.540. The van der Waals surface area contributed by atoms with Crippen molar-refractivity contribution in [2.24, 2.45) is 0 Å². The summed E-state index contributed by atoms with van der Waals surface area (Å²) in [5.41, 5.74) is 0.801. The van der Waals surface area contributed by atoms with Crippen LogP contribution in [0.1, 0.15) is 24.3 Å². The van der Waals surface area contributed by atoms with E-state index < -0.39 is 5.92 Å². The van der Waals surface area contributed by atoms with Gasteiger partial charge in [-0.25, -0.2) is 0 Å². The number of carbonyl (C=O) groups excluding carboxylic acids is 1. The van der Waals surface area contributed by atoms with Crippen LogP contribution in [-0.4, -0.2) is 28.8 Å². The summed E-state index contributed by atoms with van der Waals surface area (Å²) in [6.07, 6.45) is 0.912. The van der Waals surface area contributed by atoms with Gasteiger partial charge in [-0.1, -0.05) is 23.7 Å². The fourth-order valence-electron chi connectivity index (χ4n) is 2.86. The van der Waals surface area contributed by atoms with Crippen LogP contribution < -0.4 is 5.32 Å². The Balaban J connectivity index is 2.08. The fourth-order valence-corrected chi connectivity index (χ4v) is 2.99. The maximum atomic E-state index is 12.3. The molecular weight excluding hydrogens is 294 g/mol. The maximum absolute atomic E-state index is 12.3. The number of halogens is 1. The van der Waals surface area contributed by atoms with Crippen LogP contribution in [0.5, 0.6) is 0 Å². The molecule has 2 aliphatic heterocycles. The molecule has 2 aliphatic rings. The third-order valence-electron chi connectivity index (χ3n) is 3.84. The standard InChI is InChI=1S/C14H14ClN3O3/c15-10-4-2-9(3-5-10)11-8-12(19)17-7-1-6-16-14(17)13(11)18(20)21/h2-5,11,16H,1,6-8H2. The molecule has 0 saturated carbocycles. The predicted octanol–water partition coefficient (Wildman–Crippen LogP) is 2.09. The van der Waals surface area contributed by atoms with Crippen LogP contribution in [0.15, 0.2) is 35.8 Å². The summed E-state index contributed by atoms with van der Waals surface area (Å²) >= 11 is 5.86. The number of carbonyl (C=O) groups is 1. The van der Waals surface area contributed by atoms with Crippen molar-refractivity contribution in [2.45, 2.75) is 18.8 Å². The monoisotopic (exact) mass is 307 g/mol. The number of amides is 1. The average Bonchev–Trinajstić information content (AvgIpc) is 2.47. The third kappa shape index (κ3) is 2.47.